The minimum absolute atomic E-state index is 0. The maximum absolute atomic E-state index is 13.1. The molecule has 2 heterocycles. The Bertz CT molecular complexity index is 511. The Balaban J connectivity index is 0.00000144. The number of carbonyl (C=O) groups is 1. The largest absolute Gasteiger partial charge is 0.661 e. The van der Waals surface area contributed by atoms with E-state index in [9.17, 15) is 4.79 Å². The van der Waals surface area contributed by atoms with Crippen LogP contribution in [0.1, 0.15) is 61.8 Å². The summed E-state index contributed by atoms with van der Waals surface area (Å²) in [6, 6.07) is 0.0687. The first-order chi connectivity index (χ1) is 9.80. The minimum Gasteiger partial charge on any atom is -0.661 e. The Hall–Kier alpha value is 0.252. The van der Waals surface area contributed by atoms with E-state index in [1.165, 1.54) is 0 Å². The van der Waals surface area contributed by atoms with Gasteiger partial charge in [0, 0.05) is 37.9 Å². The smallest absolute Gasteiger partial charge is 0.155 e. The topological polar surface area (TPSA) is 34.4 Å². The zero-order valence-electron chi connectivity index (χ0n) is 17.1. The van der Waals surface area contributed by atoms with Gasteiger partial charge in [-0.05, 0) is 38.0 Å². The summed E-state index contributed by atoms with van der Waals surface area (Å²) < 4.78 is 0. The number of nitrogens with zero attached hydrogens (tertiary/aromatic N) is 2. The average Bonchev–Trinajstić information content (AvgIpc) is 2.58. The van der Waals surface area contributed by atoms with Crippen LogP contribution in [-0.2, 0) is 25.2 Å². The molecule has 3 nitrogen and oxygen atoms in total. The van der Waals surface area contributed by atoms with Crippen molar-refractivity contribution in [3.05, 3.63) is 12.7 Å². The van der Waals surface area contributed by atoms with Crippen LogP contribution in [0.15, 0.2) is 0 Å². The van der Waals surface area contributed by atoms with Gasteiger partial charge in [0.15, 0.2) is 5.78 Å². The molecular weight excluding hydrogens is 470 g/mol. The maximum Gasteiger partial charge on any atom is 0.155 e. The molecule has 1 saturated carbocycles. The van der Waals surface area contributed by atoms with E-state index in [-0.39, 0.29) is 44.8 Å². The summed E-state index contributed by atoms with van der Waals surface area (Å²) in [6.45, 7) is 20.8. The van der Waals surface area contributed by atoms with Gasteiger partial charge in [-0.2, -0.15) is 0 Å². The van der Waals surface area contributed by atoms with Crippen LogP contribution in [-0.4, -0.2) is 41.9 Å². The predicted octanol–water partition coefficient (Wildman–Crippen LogP) is 4.32. The normalized spacial score (nSPS) is 33.6. The van der Waals surface area contributed by atoms with Gasteiger partial charge in [0.25, 0.3) is 0 Å². The molecule has 0 aromatic carbocycles. The second-order valence-corrected chi connectivity index (χ2v) is 10.5. The van der Waals surface area contributed by atoms with Crippen LogP contribution in [0.3, 0.4) is 0 Å². The summed E-state index contributed by atoms with van der Waals surface area (Å²) in [5.41, 5.74) is 0.751. The zero-order chi connectivity index (χ0) is 16.8. The van der Waals surface area contributed by atoms with Gasteiger partial charge in [0.1, 0.15) is 0 Å². The number of ketones is 1. The first-order valence-corrected chi connectivity index (χ1v) is 8.75. The van der Waals surface area contributed by atoms with Gasteiger partial charge in [-0.25, -0.2) is 0 Å². The second-order valence-electron chi connectivity index (χ2n) is 10.5. The number of likely N-dealkylation sites (tertiary alicyclic amines) is 1. The molecule has 2 saturated heterocycles. The van der Waals surface area contributed by atoms with E-state index in [0.717, 1.165) is 26.1 Å². The first-order valence-electron chi connectivity index (χ1n) is 8.75. The molecule has 0 N–H and O–H groups in total. The van der Waals surface area contributed by atoms with Gasteiger partial charge in [-0.1, -0.05) is 40.0 Å². The van der Waals surface area contributed by atoms with Crippen LogP contribution in [0, 0.1) is 29.1 Å². The van der Waals surface area contributed by atoms with Crippen molar-refractivity contribution in [1.82, 2.24) is 4.90 Å². The maximum atomic E-state index is 13.1. The molecule has 2 spiro atoms. The molecule has 0 amide bonds. The zero-order valence-corrected chi connectivity index (χ0v) is 19.8. The molecule has 2 aliphatic heterocycles. The van der Waals surface area contributed by atoms with E-state index in [0.29, 0.717) is 22.0 Å². The molecule has 3 aliphatic rings. The molecule has 3 fully saturated rings. The van der Waals surface area contributed by atoms with Crippen LogP contribution in [0.4, 0.5) is 0 Å². The fraction of sp³-hybridized carbons (Fsp3) is 0.900. The Labute approximate surface area is 163 Å². The van der Waals surface area contributed by atoms with Crippen molar-refractivity contribution in [2.75, 3.05) is 19.6 Å². The summed E-state index contributed by atoms with van der Waals surface area (Å²) in [4.78, 5) is 15.6. The van der Waals surface area contributed by atoms with Gasteiger partial charge in [0.05, 0.1) is 6.04 Å². The van der Waals surface area contributed by atoms with Crippen LogP contribution in [0.5, 0.6) is 0 Å². The van der Waals surface area contributed by atoms with Gasteiger partial charge in [-0.15, -0.1) is 13.1 Å². The summed E-state index contributed by atoms with van der Waals surface area (Å²) in [5.74, 6) is 0.411. The molecule has 2 atom stereocenters. The second kappa shape index (κ2) is 5.88. The van der Waals surface area contributed by atoms with Crippen LogP contribution < -0.4 is 0 Å². The van der Waals surface area contributed by atoms with E-state index in [1.54, 1.807) is 0 Å². The third-order valence-electron chi connectivity index (χ3n) is 7.27. The van der Waals surface area contributed by atoms with E-state index >= 15 is 0 Å². The SMILES string of the molecule is CC(C)(C)C(=O)C1C[C@@]2(CN1C(C)(C)C)C(C)(C)C21C[N-]C1.[CH3-].[Re]. The average molecular weight is 507 g/mol. The van der Waals surface area contributed by atoms with Crippen LogP contribution in [0.2, 0.25) is 0 Å². The molecule has 0 aromatic rings. The molecular formula is C20H36N2ORe-2. The molecule has 0 bridgehead atoms. The van der Waals surface area contributed by atoms with E-state index < -0.39 is 0 Å². The van der Waals surface area contributed by atoms with Gasteiger partial charge < -0.3 is 12.7 Å². The van der Waals surface area contributed by atoms with Gasteiger partial charge in [-0.3, -0.25) is 9.69 Å². The number of hydrogen-bond donors (Lipinski definition) is 0. The molecule has 1 unspecified atom stereocenters. The number of fused-ring (bicyclic) bond motifs is 1. The molecule has 4 heteroatoms. The molecule has 1 aliphatic carbocycles. The minimum atomic E-state index is -0.268. The molecule has 1 radical (unpaired) electrons. The summed E-state index contributed by atoms with van der Waals surface area (Å²) >= 11 is 0. The summed E-state index contributed by atoms with van der Waals surface area (Å²) in [7, 11) is 0. The number of rotatable bonds is 1. The fourth-order valence-corrected chi connectivity index (χ4v) is 5.44. The van der Waals surface area contributed by atoms with Crippen LogP contribution in [0.25, 0.3) is 5.32 Å². The monoisotopic (exact) mass is 507 g/mol. The molecule has 0 aromatic heterocycles. The van der Waals surface area contributed by atoms with Crippen molar-refractivity contribution in [2.45, 2.75) is 73.4 Å². The van der Waals surface area contributed by atoms with E-state index in [4.69, 9.17) is 0 Å². The van der Waals surface area contributed by atoms with E-state index in [2.05, 4.69) is 65.6 Å². The number of Topliss-reactive ketones (excluding diaryl/α,β-unsaturated/α-hetero) is 1. The number of hydrogen-bond acceptors (Lipinski definition) is 2. The Kier molecular flexibility index (Phi) is 5.46. The molecule has 3 rings (SSSR count). The quantitative estimate of drug-likeness (QED) is 0.497. The number of carbonyl (C=O) groups excluding carboxylic acids is 1. The van der Waals surface area contributed by atoms with E-state index in [1.807, 2.05) is 0 Å². The third kappa shape index (κ3) is 2.51. The van der Waals surface area contributed by atoms with Crippen LogP contribution >= 0.6 is 0 Å². The third-order valence-corrected chi connectivity index (χ3v) is 7.27. The molecule has 141 valence electrons. The Morgan fingerprint density at radius 2 is 1.54 bits per heavy atom. The Morgan fingerprint density at radius 1 is 1.04 bits per heavy atom. The van der Waals surface area contributed by atoms with Crippen molar-refractivity contribution in [3.63, 3.8) is 0 Å². The molecule has 24 heavy (non-hydrogen) atoms. The van der Waals surface area contributed by atoms with Gasteiger partial charge >= 0.3 is 0 Å². The summed E-state index contributed by atoms with van der Waals surface area (Å²) in [6.07, 6.45) is 1.03. The van der Waals surface area contributed by atoms with Crippen molar-refractivity contribution in [2.24, 2.45) is 21.7 Å². The Morgan fingerprint density at radius 3 is 1.83 bits per heavy atom. The van der Waals surface area contributed by atoms with Gasteiger partial charge in [0.2, 0.25) is 0 Å². The van der Waals surface area contributed by atoms with Crippen molar-refractivity contribution < 1.29 is 25.2 Å². The van der Waals surface area contributed by atoms with Crippen molar-refractivity contribution in [3.8, 4) is 0 Å². The standard InChI is InChI=1S/C19H33N2O.CH3.Re/c1-15(2,3)14(22)13-9-18(12-21(13)16(4,5)6)17(7,8)19(18)10-20-11-19;;/h13H,9-12H2,1-8H3;1H3;/q2*-1;/t13?,18-;;/m1../s1. The summed E-state index contributed by atoms with van der Waals surface area (Å²) in [5, 5.41) is 4.55. The fourth-order valence-electron chi connectivity index (χ4n) is 5.44. The van der Waals surface area contributed by atoms with Crippen molar-refractivity contribution in [1.29, 1.82) is 0 Å². The van der Waals surface area contributed by atoms with Crippen molar-refractivity contribution >= 4 is 5.78 Å². The first kappa shape index (κ1) is 22.3. The predicted molar refractivity (Wildman–Crippen MR) is 97.5 cm³/mol.